The second-order valence-electron chi connectivity index (χ2n) is 7.27. The molecule has 0 saturated carbocycles. The molecule has 0 bridgehead atoms. The predicted octanol–water partition coefficient (Wildman–Crippen LogP) is 2.54. The number of ether oxygens (including phenoxy) is 1. The Morgan fingerprint density at radius 2 is 1.76 bits per heavy atom. The van der Waals surface area contributed by atoms with Crippen molar-refractivity contribution in [3.8, 4) is 0 Å². The Morgan fingerprint density at radius 3 is 2.45 bits per heavy atom. The van der Waals surface area contributed by atoms with E-state index < -0.39 is 0 Å². The average molecular weight is 396 g/mol. The molecule has 1 aliphatic heterocycles. The number of nitrogens with one attached hydrogen (secondary N) is 1. The zero-order chi connectivity index (χ0) is 20.6. The van der Waals surface area contributed by atoms with Crippen molar-refractivity contribution in [1.29, 1.82) is 0 Å². The molecule has 0 unspecified atom stereocenters. The quantitative estimate of drug-likeness (QED) is 0.783. The first-order valence-electron chi connectivity index (χ1n) is 10.1. The molecule has 0 atom stereocenters. The molecule has 6 heteroatoms. The topological polar surface area (TPSA) is 61.9 Å². The van der Waals surface area contributed by atoms with Crippen LogP contribution in [0.5, 0.6) is 0 Å². The summed E-state index contributed by atoms with van der Waals surface area (Å²) in [4.78, 5) is 28.6. The van der Waals surface area contributed by atoms with Crippen LogP contribution in [-0.4, -0.2) is 51.2 Å². The maximum Gasteiger partial charge on any atom is 0.224 e. The van der Waals surface area contributed by atoms with Gasteiger partial charge in [-0.2, -0.15) is 0 Å². The molecule has 6 nitrogen and oxygen atoms in total. The third-order valence-corrected chi connectivity index (χ3v) is 5.05. The van der Waals surface area contributed by atoms with Gasteiger partial charge in [-0.25, -0.2) is 0 Å². The number of hydrogen-bond donors (Lipinski definition) is 1. The molecular weight excluding hydrogens is 366 g/mol. The van der Waals surface area contributed by atoms with Gasteiger partial charge in [-0.15, -0.1) is 0 Å². The van der Waals surface area contributed by atoms with Gasteiger partial charge in [0.15, 0.2) is 0 Å². The molecule has 1 saturated heterocycles. The number of anilines is 2. The first-order chi connectivity index (χ1) is 14.0. The summed E-state index contributed by atoms with van der Waals surface area (Å²) in [6, 6.07) is 15.9. The molecule has 0 radical (unpaired) electrons. The number of carbonyl (C=O) groups excluding carboxylic acids is 2. The number of carbonyl (C=O) groups is 2. The number of aryl methyl sites for hydroxylation is 1. The first-order valence-corrected chi connectivity index (χ1v) is 10.1. The summed E-state index contributed by atoms with van der Waals surface area (Å²) in [5.41, 5.74) is 4.05. The van der Waals surface area contributed by atoms with E-state index in [0.717, 1.165) is 30.0 Å². The molecule has 154 valence electrons. The number of benzene rings is 2. The highest BCUT2D eigenvalue weighted by Gasteiger charge is 2.20. The highest BCUT2D eigenvalue weighted by Crippen LogP contribution is 2.29. The fourth-order valence-electron chi connectivity index (χ4n) is 3.47. The van der Waals surface area contributed by atoms with E-state index >= 15 is 0 Å². The highest BCUT2D eigenvalue weighted by molar-refractivity contribution is 5.95. The molecule has 1 fully saturated rings. The Morgan fingerprint density at radius 1 is 1.07 bits per heavy atom. The molecule has 2 amide bonds. The van der Waals surface area contributed by atoms with Gasteiger partial charge in [-0.05, 0) is 24.6 Å². The highest BCUT2D eigenvalue weighted by atomic mass is 16.5. The Balaban J connectivity index is 1.61. The second-order valence-corrected chi connectivity index (χ2v) is 7.27. The lowest BCUT2D eigenvalue weighted by molar-refractivity contribution is -0.121. The van der Waals surface area contributed by atoms with Gasteiger partial charge in [0.1, 0.15) is 0 Å². The van der Waals surface area contributed by atoms with Crippen LogP contribution in [0.3, 0.4) is 0 Å². The minimum absolute atomic E-state index is 0.0428. The van der Waals surface area contributed by atoms with Crippen LogP contribution in [-0.2, 0) is 20.7 Å². The van der Waals surface area contributed by atoms with Crippen LogP contribution in [0, 0.1) is 6.92 Å². The van der Waals surface area contributed by atoms with E-state index in [9.17, 15) is 9.59 Å². The molecule has 0 aliphatic carbocycles. The smallest absolute Gasteiger partial charge is 0.224 e. The van der Waals surface area contributed by atoms with Crippen molar-refractivity contribution < 1.29 is 14.3 Å². The molecule has 2 aromatic rings. The molecule has 0 aromatic heterocycles. The number of nitrogens with zero attached hydrogens (tertiary/aromatic N) is 2. The van der Waals surface area contributed by atoms with Gasteiger partial charge in [0.05, 0.1) is 31.0 Å². The first kappa shape index (κ1) is 20.9. The molecule has 1 heterocycles. The Kier molecular flexibility index (Phi) is 7.25. The van der Waals surface area contributed by atoms with Gasteiger partial charge >= 0.3 is 0 Å². The molecular formula is C23H29N3O3. The van der Waals surface area contributed by atoms with Crippen molar-refractivity contribution in [3.05, 3.63) is 59.7 Å². The molecule has 0 spiro atoms. The maximum absolute atomic E-state index is 12.3. The van der Waals surface area contributed by atoms with Crippen molar-refractivity contribution in [2.24, 2.45) is 0 Å². The monoisotopic (exact) mass is 395 g/mol. The van der Waals surface area contributed by atoms with E-state index in [-0.39, 0.29) is 11.8 Å². The van der Waals surface area contributed by atoms with Crippen molar-refractivity contribution in [2.45, 2.75) is 20.3 Å². The summed E-state index contributed by atoms with van der Waals surface area (Å²) in [6.45, 7) is 7.39. The third-order valence-electron chi connectivity index (χ3n) is 5.05. The van der Waals surface area contributed by atoms with Gasteiger partial charge in [-0.1, -0.05) is 42.0 Å². The largest absolute Gasteiger partial charge is 0.378 e. The van der Waals surface area contributed by atoms with E-state index in [4.69, 9.17) is 4.74 Å². The fourth-order valence-corrected chi connectivity index (χ4v) is 3.47. The third kappa shape index (κ3) is 5.81. The molecule has 3 rings (SSSR count). The van der Waals surface area contributed by atoms with E-state index in [1.807, 2.05) is 55.5 Å². The minimum Gasteiger partial charge on any atom is -0.378 e. The van der Waals surface area contributed by atoms with Gasteiger partial charge in [0.25, 0.3) is 0 Å². The summed E-state index contributed by atoms with van der Waals surface area (Å²) in [5, 5.41) is 2.93. The van der Waals surface area contributed by atoms with Crippen LogP contribution in [0.15, 0.2) is 48.5 Å². The second kappa shape index (κ2) is 10.1. The van der Waals surface area contributed by atoms with Crippen molar-refractivity contribution in [3.63, 3.8) is 0 Å². The van der Waals surface area contributed by atoms with Crippen molar-refractivity contribution >= 4 is 23.2 Å². The van der Waals surface area contributed by atoms with Crippen LogP contribution in [0.1, 0.15) is 18.1 Å². The minimum atomic E-state index is -0.0431. The van der Waals surface area contributed by atoms with Gasteiger partial charge in [0.2, 0.25) is 11.8 Å². The zero-order valence-corrected chi connectivity index (χ0v) is 17.2. The normalized spacial score (nSPS) is 13.8. The van der Waals surface area contributed by atoms with Crippen molar-refractivity contribution in [1.82, 2.24) is 5.32 Å². The zero-order valence-electron chi connectivity index (χ0n) is 17.2. The van der Waals surface area contributed by atoms with Gasteiger partial charge < -0.3 is 19.9 Å². The number of para-hydroxylation sites is 2. The van der Waals surface area contributed by atoms with E-state index in [1.54, 1.807) is 11.8 Å². The van der Waals surface area contributed by atoms with E-state index in [1.165, 1.54) is 5.56 Å². The Labute approximate surface area is 172 Å². The van der Waals surface area contributed by atoms with Crippen molar-refractivity contribution in [2.75, 3.05) is 49.2 Å². The molecule has 29 heavy (non-hydrogen) atoms. The van der Waals surface area contributed by atoms with Crippen LogP contribution < -0.4 is 15.1 Å². The molecule has 1 N–H and O–H groups in total. The number of hydrogen-bond acceptors (Lipinski definition) is 4. The Hall–Kier alpha value is -2.86. The van der Waals surface area contributed by atoms with Crippen LogP contribution in [0.2, 0.25) is 0 Å². The summed E-state index contributed by atoms with van der Waals surface area (Å²) in [6.07, 6.45) is 0.338. The average Bonchev–Trinajstić information content (AvgIpc) is 2.73. The Bertz CT molecular complexity index is 830. The molecule has 2 aromatic carbocycles. The summed E-state index contributed by atoms with van der Waals surface area (Å²) < 4.78 is 5.45. The lowest BCUT2D eigenvalue weighted by Gasteiger charge is -2.33. The number of amides is 2. The maximum atomic E-state index is 12.3. The van der Waals surface area contributed by atoms with E-state index in [0.29, 0.717) is 32.7 Å². The summed E-state index contributed by atoms with van der Waals surface area (Å²) >= 11 is 0. The molecule has 1 aliphatic rings. The predicted molar refractivity (Wildman–Crippen MR) is 115 cm³/mol. The van der Waals surface area contributed by atoms with Gasteiger partial charge in [0, 0.05) is 33.1 Å². The van der Waals surface area contributed by atoms with Crippen LogP contribution in [0.4, 0.5) is 11.4 Å². The number of morpholine rings is 1. The fraction of sp³-hybridized carbons (Fsp3) is 0.391. The van der Waals surface area contributed by atoms with Crippen LogP contribution in [0.25, 0.3) is 0 Å². The standard InChI is InChI=1S/C23H29N3O3/c1-18-7-9-20(10-8-18)17-23(28)24-11-12-26(19(2)27)22-6-4-3-5-21(22)25-13-15-29-16-14-25/h3-10H,11-17H2,1-2H3,(H,24,28). The lowest BCUT2D eigenvalue weighted by atomic mass is 10.1. The SMILES string of the molecule is CC(=O)N(CCNC(=O)Cc1ccc(C)cc1)c1ccccc1N1CCOCC1. The number of rotatable bonds is 7. The van der Waals surface area contributed by atoms with E-state index in [2.05, 4.69) is 10.2 Å². The summed E-state index contributed by atoms with van der Waals surface area (Å²) in [5.74, 6) is -0.0858. The lowest BCUT2D eigenvalue weighted by Crippen LogP contribution is -2.41. The summed E-state index contributed by atoms with van der Waals surface area (Å²) in [7, 11) is 0. The van der Waals surface area contributed by atoms with Crippen LogP contribution >= 0.6 is 0 Å². The van der Waals surface area contributed by atoms with Gasteiger partial charge in [-0.3, -0.25) is 9.59 Å².